The second kappa shape index (κ2) is 4.15. The fourth-order valence-electron chi connectivity index (χ4n) is 3.18. The summed E-state index contributed by atoms with van der Waals surface area (Å²) in [6.45, 7) is 0.536. The van der Waals surface area contributed by atoms with Crippen molar-refractivity contribution in [3.8, 4) is 0 Å². The summed E-state index contributed by atoms with van der Waals surface area (Å²) in [5.41, 5.74) is 1.08. The first kappa shape index (κ1) is 10.8. The Morgan fingerprint density at radius 2 is 2.00 bits per heavy atom. The molecule has 1 saturated carbocycles. The topological polar surface area (TPSA) is 40.5 Å². The minimum Gasteiger partial charge on any atom is -0.373 e. The molecule has 1 saturated heterocycles. The van der Waals surface area contributed by atoms with Crippen molar-refractivity contribution in [3.05, 3.63) is 35.9 Å². The van der Waals surface area contributed by atoms with Gasteiger partial charge in [0.1, 0.15) is 6.23 Å². The Bertz CT molecular complexity index is 417. The molecule has 1 N–H and O–H groups in total. The van der Waals surface area contributed by atoms with Crippen LogP contribution in [0.15, 0.2) is 30.3 Å². The number of hydrogen-bond donors (Lipinski definition) is 1. The van der Waals surface area contributed by atoms with Crippen LogP contribution in [0.2, 0.25) is 0 Å². The monoisotopic (exact) mass is 231 g/mol. The van der Waals surface area contributed by atoms with Crippen LogP contribution in [0.4, 0.5) is 0 Å². The normalized spacial score (nSPS) is 31.9. The SMILES string of the molecule is O=C1[C@H]2CCC[C@H]2C(O)N1Cc1ccccc1. The standard InChI is InChI=1S/C14H17NO2/c16-13-11-7-4-8-12(11)14(17)15(13)9-10-5-2-1-3-6-10/h1-3,5-6,11-13,16H,4,7-9H2/t11-,12+,13?/m1/s1. The average molecular weight is 231 g/mol. The quantitative estimate of drug-likeness (QED) is 0.842. The smallest absolute Gasteiger partial charge is 0.228 e. The first-order chi connectivity index (χ1) is 8.27. The summed E-state index contributed by atoms with van der Waals surface area (Å²) in [6.07, 6.45) is 2.45. The molecule has 1 aliphatic heterocycles. The molecule has 0 aromatic heterocycles. The molecule has 0 spiro atoms. The Labute approximate surface area is 101 Å². The van der Waals surface area contributed by atoms with Crippen molar-refractivity contribution in [1.82, 2.24) is 4.90 Å². The molecule has 3 nitrogen and oxygen atoms in total. The lowest BCUT2D eigenvalue weighted by molar-refractivity contribution is -0.136. The largest absolute Gasteiger partial charge is 0.373 e. The predicted octanol–water partition coefficient (Wildman–Crippen LogP) is 1.76. The van der Waals surface area contributed by atoms with Crippen molar-refractivity contribution < 1.29 is 9.90 Å². The number of aliphatic hydroxyl groups is 1. The summed E-state index contributed by atoms with van der Waals surface area (Å²) in [5, 5.41) is 10.2. The molecule has 1 unspecified atom stereocenters. The van der Waals surface area contributed by atoms with Crippen molar-refractivity contribution in [3.63, 3.8) is 0 Å². The molecular weight excluding hydrogens is 214 g/mol. The third-order valence-electron chi connectivity index (χ3n) is 4.07. The Balaban J connectivity index is 1.78. The van der Waals surface area contributed by atoms with Gasteiger partial charge in [-0.2, -0.15) is 0 Å². The molecule has 90 valence electrons. The maximum Gasteiger partial charge on any atom is 0.228 e. The zero-order valence-electron chi connectivity index (χ0n) is 9.75. The van der Waals surface area contributed by atoms with E-state index >= 15 is 0 Å². The van der Waals surface area contributed by atoms with Gasteiger partial charge in [0.25, 0.3) is 0 Å². The Hall–Kier alpha value is -1.35. The van der Waals surface area contributed by atoms with Gasteiger partial charge in [-0.1, -0.05) is 36.8 Å². The van der Waals surface area contributed by atoms with E-state index in [1.54, 1.807) is 4.90 Å². The van der Waals surface area contributed by atoms with Gasteiger partial charge < -0.3 is 10.0 Å². The van der Waals surface area contributed by atoms with Gasteiger partial charge in [0.2, 0.25) is 5.91 Å². The van der Waals surface area contributed by atoms with Crippen molar-refractivity contribution in [2.24, 2.45) is 11.8 Å². The number of likely N-dealkylation sites (tertiary alicyclic amines) is 1. The Morgan fingerprint density at radius 3 is 2.71 bits per heavy atom. The van der Waals surface area contributed by atoms with Crippen LogP contribution >= 0.6 is 0 Å². The minimum absolute atomic E-state index is 0.0775. The third-order valence-corrected chi connectivity index (χ3v) is 4.07. The second-order valence-corrected chi connectivity index (χ2v) is 5.07. The number of carbonyl (C=O) groups is 1. The summed E-state index contributed by atoms with van der Waals surface area (Å²) >= 11 is 0. The van der Waals surface area contributed by atoms with Gasteiger partial charge in [0.05, 0.1) is 0 Å². The van der Waals surface area contributed by atoms with Crippen LogP contribution in [0, 0.1) is 11.8 Å². The molecule has 1 amide bonds. The van der Waals surface area contributed by atoms with E-state index in [0.717, 1.165) is 24.8 Å². The molecule has 17 heavy (non-hydrogen) atoms. The first-order valence-corrected chi connectivity index (χ1v) is 6.30. The maximum atomic E-state index is 12.2. The van der Waals surface area contributed by atoms with Gasteiger partial charge in [-0.05, 0) is 18.4 Å². The lowest BCUT2D eigenvalue weighted by Crippen LogP contribution is -2.34. The summed E-state index contributed by atoms with van der Waals surface area (Å²) in [7, 11) is 0. The van der Waals surface area contributed by atoms with Crippen LogP contribution in [-0.2, 0) is 11.3 Å². The summed E-state index contributed by atoms with van der Waals surface area (Å²) in [5.74, 6) is 0.392. The highest BCUT2D eigenvalue weighted by Gasteiger charge is 2.49. The van der Waals surface area contributed by atoms with E-state index in [1.165, 1.54) is 0 Å². The summed E-state index contributed by atoms with van der Waals surface area (Å²) in [4.78, 5) is 13.8. The van der Waals surface area contributed by atoms with Gasteiger partial charge in [-0.15, -0.1) is 0 Å². The minimum atomic E-state index is -0.574. The zero-order valence-corrected chi connectivity index (χ0v) is 9.75. The van der Waals surface area contributed by atoms with Crippen LogP contribution in [0.25, 0.3) is 0 Å². The number of nitrogens with zero attached hydrogens (tertiary/aromatic N) is 1. The van der Waals surface area contributed by atoms with Crippen LogP contribution in [0.1, 0.15) is 24.8 Å². The van der Waals surface area contributed by atoms with E-state index < -0.39 is 6.23 Å². The van der Waals surface area contributed by atoms with Crippen LogP contribution in [0.3, 0.4) is 0 Å². The molecule has 1 aliphatic carbocycles. The van der Waals surface area contributed by atoms with E-state index in [1.807, 2.05) is 30.3 Å². The van der Waals surface area contributed by atoms with Gasteiger partial charge in [0, 0.05) is 18.4 Å². The second-order valence-electron chi connectivity index (χ2n) is 5.07. The highest BCUT2D eigenvalue weighted by atomic mass is 16.3. The third kappa shape index (κ3) is 1.75. The number of benzene rings is 1. The highest BCUT2D eigenvalue weighted by Crippen LogP contribution is 2.42. The maximum absolute atomic E-state index is 12.2. The number of hydrogen-bond acceptors (Lipinski definition) is 2. The number of amides is 1. The molecule has 3 rings (SSSR count). The van der Waals surface area contributed by atoms with Crippen LogP contribution in [-0.4, -0.2) is 22.1 Å². The van der Waals surface area contributed by atoms with Crippen molar-refractivity contribution >= 4 is 5.91 Å². The van der Waals surface area contributed by atoms with E-state index in [-0.39, 0.29) is 17.7 Å². The number of carbonyl (C=O) groups excluding carboxylic acids is 1. The fraction of sp³-hybridized carbons (Fsp3) is 0.500. The van der Waals surface area contributed by atoms with Crippen LogP contribution in [0.5, 0.6) is 0 Å². The van der Waals surface area contributed by atoms with Gasteiger partial charge in [0.15, 0.2) is 0 Å². The number of aliphatic hydroxyl groups excluding tert-OH is 1. The average Bonchev–Trinajstić information content (AvgIpc) is 2.91. The fourth-order valence-corrected chi connectivity index (χ4v) is 3.18. The van der Waals surface area contributed by atoms with Gasteiger partial charge in [-0.3, -0.25) is 4.79 Å². The van der Waals surface area contributed by atoms with E-state index in [4.69, 9.17) is 0 Å². The van der Waals surface area contributed by atoms with Crippen LogP contribution < -0.4 is 0 Å². The Kier molecular flexibility index (Phi) is 2.63. The molecule has 3 atom stereocenters. The first-order valence-electron chi connectivity index (χ1n) is 6.30. The summed E-state index contributed by atoms with van der Waals surface area (Å²) in [6, 6.07) is 9.87. The molecule has 1 aromatic rings. The number of rotatable bonds is 2. The Morgan fingerprint density at radius 1 is 1.24 bits per heavy atom. The molecule has 0 radical (unpaired) electrons. The predicted molar refractivity (Wildman–Crippen MR) is 63.8 cm³/mol. The zero-order chi connectivity index (χ0) is 11.8. The van der Waals surface area contributed by atoms with Crippen molar-refractivity contribution in [2.45, 2.75) is 32.0 Å². The van der Waals surface area contributed by atoms with E-state index in [2.05, 4.69) is 0 Å². The lowest BCUT2D eigenvalue weighted by Gasteiger charge is -2.23. The molecule has 1 aromatic carbocycles. The van der Waals surface area contributed by atoms with Gasteiger partial charge >= 0.3 is 0 Å². The van der Waals surface area contributed by atoms with Crippen molar-refractivity contribution in [2.75, 3.05) is 0 Å². The molecular formula is C14H17NO2. The van der Waals surface area contributed by atoms with Crippen molar-refractivity contribution in [1.29, 1.82) is 0 Å². The highest BCUT2D eigenvalue weighted by molar-refractivity contribution is 5.82. The molecule has 0 bridgehead atoms. The molecule has 3 heteroatoms. The molecule has 1 heterocycles. The van der Waals surface area contributed by atoms with E-state index in [9.17, 15) is 9.90 Å². The molecule has 2 fully saturated rings. The molecule has 2 aliphatic rings. The van der Waals surface area contributed by atoms with Gasteiger partial charge in [-0.25, -0.2) is 0 Å². The van der Waals surface area contributed by atoms with E-state index in [0.29, 0.717) is 6.54 Å². The lowest BCUT2D eigenvalue weighted by atomic mass is 9.99. The number of fused-ring (bicyclic) bond motifs is 1. The summed E-state index contributed by atoms with van der Waals surface area (Å²) < 4.78 is 0.